The van der Waals surface area contributed by atoms with E-state index in [4.69, 9.17) is 4.74 Å². The number of aryl methyl sites for hydroxylation is 1. The molecule has 1 atom stereocenters. The molecule has 1 aliphatic heterocycles. The molecule has 1 aromatic rings. The van der Waals surface area contributed by atoms with Crippen LogP contribution in [0.1, 0.15) is 25.3 Å². The molecule has 1 N–H and O–H groups in total. The fraction of sp³-hybridized carbons (Fsp3) is 0.500. The van der Waals surface area contributed by atoms with Crippen LogP contribution in [0.25, 0.3) is 0 Å². The number of ether oxygens (including phenoxy) is 1. The van der Waals surface area contributed by atoms with Crippen LogP contribution in [0.5, 0.6) is 0 Å². The van der Waals surface area contributed by atoms with Crippen LogP contribution in [0, 0.1) is 6.92 Å². The van der Waals surface area contributed by atoms with E-state index < -0.39 is 0 Å². The molecule has 0 spiro atoms. The first-order valence-electron chi connectivity index (χ1n) is 7.35. The minimum absolute atomic E-state index is 0.0279. The molecule has 0 bridgehead atoms. The van der Waals surface area contributed by atoms with E-state index >= 15 is 0 Å². The number of nitrogens with one attached hydrogen (secondary N) is 1. The zero-order valence-corrected chi connectivity index (χ0v) is 12.6. The van der Waals surface area contributed by atoms with Crippen molar-refractivity contribution < 1.29 is 14.3 Å². The fourth-order valence-electron chi connectivity index (χ4n) is 2.34. The molecule has 0 aromatic heterocycles. The molecule has 1 saturated heterocycles. The number of benzene rings is 1. The van der Waals surface area contributed by atoms with Gasteiger partial charge in [0, 0.05) is 18.7 Å². The minimum atomic E-state index is -0.163. The number of carbonyl (C=O) groups is 2. The van der Waals surface area contributed by atoms with E-state index in [9.17, 15) is 9.59 Å². The van der Waals surface area contributed by atoms with Gasteiger partial charge in [0.1, 0.15) is 6.61 Å². The molecule has 1 aromatic carbocycles. The van der Waals surface area contributed by atoms with E-state index in [1.165, 1.54) is 0 Å². The first-order chi connectivity index (χ1) is 10.1. The summed E-state index contributed by atoms with van der Waals surface area (Å²) in [6, 6.07) is 7.83. The predicted octanol–water partition coefficient (Wildman–Crippen LogP) is 1.64. The third kappa shape index (κ3) is 4.29. The molecule has 0 radical (unpaired) electrons. The Morgan fingerprint density at radius 2 is 2.29 bits per heavy atom. The first-order valence-corrected chi connectivity index (χ1v) is 7.35. The first kappa shape index (κ1) is 15.5. The maximum atomic E-state index is 12.0. The van der Waals surface area contributed by atoms with Crippen molar-refractivity contribution in [1.82, 2.24) is 5.32 Å². The molecule has 2 amide bonds. The van der Waals surface area contributed by atoms with Gasteiger partial charge >= 0.3 is 0 Å². The predicted molar refractivity (Wildman–Crippen MR) is 81.2 cm³/mol. The summed E-state index contributed by atoms with van der Waals surface area (Å²) < 4.78 is 5.49. The van der Waals surface area contributed by atoms with E-state index in [1.54, 1.807) is 4.90 Å². The topological polar surface area (TPSA) is 58.6 Å². The number of morpholine rings is 1. The molecule has 5 nitrogen and oxygen atoms in total. The Hall–Kier alpha value is -1.88. The van der Waals surface area contributed by atoms with E-state index in [-0.39, 0.29) is 24.5 Å². The van der Waals surface area contributed by atoms with Crippen molar-refractivity contribution in [3.8, 4) is 0 Å². The number of carbonyl (C=O) groups excluding carboxylic acids is 2. The van der Waals surface area contributed by atoms with Gasteiger partial charge in [0.25, 0.3) is 5.91 Å². The lowest BCUT2D eigenvalue weighted by molar-refractivity contribution is -0.129. The van der Waals surface area contributed by atoms with Gasteiger partial charge in [0.2, 0.25) is 5.91 Å². The Bertz CT molecular complexity index is 516. The van der Waals surface area contributed by atoms with Crippen molar-refractivity contribution in [2.75, 3.05) is 24.6 Å². The van der Waals surface area contributed by atoms with Crippen molar-refractivity contribution in [1.29, 1.82) is 0 Å². The van der Waals surface area contributed by atoms with Crippen LogP contribution in [0.15, 0.2) is 24.3 Å². The number of amides is 2. The molecule has 0 aliphatic carbocycles. The lowest BCUT2D eigenvalue weighted by Gasteiger charge is -2.33. The molecule has 1 aliphatic rings. The van der Waals surface area contributed by atoms with Crippen LogP contribution in [0.2, 0.25) is 0 Å². The van der Waals surface area contributed by atoms with Crippen LogP contribution in [-0.4, -0.2) is 37.6 Å². The fourth-order valence-corrected chi connectivity index (χ4v) is 2.34. The normalized spacial score (nSPS) is 18.7. The highest BCUT2D eigenvalue weighted by Crippen LogP contribution is 2.19. The molecule has 1 unspecified atom stereocenters. The van der Waals surface area contributed by atoms with Gasteiger partial charge in [-0.1, -0.05) is 19.1 Å². The van der Waals surface area contributed by atoms with E-state index in [2.05, 4.69) is 5.32 Å². The van der Waals surface area contributed by atoms with Gasteiger partial charge in [-0.15, -0.1) is 0 Å². The Labute approximate surface area is 125 Å². The largest absolute Gasteiger partial charge is 0.365 e. The Morgan fingerprint density at radius 1 is 1.48 bits per heavy atom. The summed E-state index contributed by atoms with van der Waals surface area (Å²) >= 11 is 0. The van der Waals surface area contributed by atoms with Gasteiger partial charge < -0.3 is 15.0 Å². The van der Waals surface area contributed by atoms with Gasteiger partial charge in [-0.2, -0.15) is 0 Å². The zero-order valence-electron chi connectivity index (χ0n) is 12.6. The molecular weight excluding hydrogens is 268 g/mol. The van der Waals surface area contributed by atoms with Gasteiger partial charge in [0.15, 0.2) is 0 Å². The lowest BCUT2D eigenvalue weighted by Crippen LogP contribution is -2.50. The zero-order chi connectivity index (χ0) is 15.2. The van der Waals surface area contributed by atoms with E-state index in [0.717, 1.165) is 17.7 Å². The number of anilines is 1. The van der Waals surface area contributed by atoms with E-state index in [0.29, 0.717) is 19.5 Å². The Balaban J connectivity index is 1.96. The SMILES string of the molecule is CCCC(=O)NCC1CN(c2cccc(C)c2)C(=O)CO1. The summed E-state index contributed by atoms with van der Waals surface area (Å²) in [5, 5.41) is 2.85. The average Bonchev–Trinajstić information content (AvgIpc) is 2.46. The minimum Gasteiger partial charge on any atom is -0.365 e. The third-order valence-corrected chi connectivity index (χ3v) is 3.45. The summed E-state index contributed by atoms with van der Waals surface area (Å²) in [5.74, 6) is -0.0168. The second-order valence-electron chi connectivity index (χ2n) is 5.33. The summed E-state index contributed by atoms with van der Waals surface area (Å²) in [4.78, 5) is 25.2. The molecule has 2 rings (SSSR count). The number of hydrogen-bond acceptors (Lipinski definition) is 3. The van der Waals surface area contributed by atoms with Crippen LogP contribution in [0.4, 0.5) is 5.69 Å². The maximum absolute atomic E-state index is 12.0. The quantitative estimate of drug-likeness (QED) is 0.897. The van der Waals surface area contributed by atoms with E-state index in [1.807, 2.05) is 38.1 Å². The molecule has 1 fully saturated rings. The van der Waals surface area contributed by atoms with Crippen LogP contribution in [-0.2, 0) is 14.3 Å². The molecule has 5 heteroatoms. The summed E-state index contributed by atoms with van der Waals surface area (Å²) in [6.45, 7) is 4.93. The van der Waals surface area contributed by atoms with Crippen molar-refractivity contribution in [2.24, 2.45) is 0 Å². The smallest absolute Gasteiger partial charge is 0.253 e. The van der Waals surface area contributed by atoms with Crippen LogP contribution < -0.4 is 10.2 Å². The number of nitrogens with zero attached hydrogens (tertiary/aromatic N) is 1. The summed E-state index contributed by atoms with van der Waals surface area (Å²) in [5.41, 5.74) is 1.99. The average molecular weight is 290 g/mol. The highest BCUT2D eigenvalue weighted by Gasteiger charge is 2.27. The van der Waals surface area contributed by atoms with Gasteiger partial charge in [-0.05, 0) is 31.0 Å². The molecule has 114 valence electrons. The Kier molecular flexibility index (Phi) is 5.33. The molecular formula is C16H22N2O3. The second kappa shape index (κ2) is 7.22. The van der Waals surface area contributed by atoms with Crippen molar-refractivity contribution in [3.63, 3.8) is 0 Å². The Morgan fingerprint density at radius 3 is 3.00 bits per heavy atom. The lowest BCUT2D eigenvalue weighted by atomic mass is 10.1. The molecule has 1 heterocycles. The summed E-state index contributed by atoms with van der Waals surface area (Å²) in [6.07, 6.45) is 1.18. The third-order valence-electron chi connectivity index (χ3n) is 3.45. The number of rotatable bonds is 5. The van der Waals surface area contributed by atoms with Crippen LogP contribution >= 0.6 is 0 Å². The summed E-state index contributed by atoms with van der Waals surface area (Å²) in [7, 11) is 0. The van der Waals surface area contributed by atoms with Gasteiger partial charge in [-0.25, -0.2) is 0 Å². The monoisotopic (exact) mass is 290 g/mol. The highest BCUT2D eigenvalue weighted by molar-refractivity contribution is 5.95. The maximum Gasteiger partial charge on any atom is 0.253 e. The van der Waals surface area contributed by atoms with Gasteiger partial charge in [-0.3, -0.25) is 9.59 Å². The van der Waals surface area contributed by atoms with Crippen LogP contribution in [0.3, 0.4) is 0 Å². The van der Waals surface area contributed by atoms with Crippen molar-refractivity contribution in [2.45, 2.75) is 32.8 Å². The van der Waals surface area contributed by atoms with Crippen molar-refractivity contribution in [3.05, 3.63) is 29.8 Å². The molecule has 0 saturated carbocycles. The van der Waals surface area contributed by atoms with Gasteiger partial charge in [0.05, 0.1) is 12.6 Å². The second-order valence-corrected chi connectivity index (χ2v) is 5.33. The standard InChI is InChI=1S/C16H22N2O3/c1-3-5-15(19)17-9-14-10-18(16(20)11-21-14)13-7-4-6-12(2)8-13/h4,6-8,14H,3,5,9-11H2,1-2H3,(H,17,19). The highest BCUT2D eigenvalue weighted by atomic mass is 16.5. The molecule has 21 heavy (non-hydrogen) atoms. The number of hydrogen-bond donors (Lipinski definition) is 1. The van der Waals surface area contributed by atoms with Crippen molar-refractivity contribution >= 4 is 17.5 Å².